The monoisotopic (exact) mass is 212 g/mol. The minimum absolute atomic E-state index is 0.120. The van der Waals surface area contributed by atoms with Crippen LogP contribution in [-0.4, -0.2) is 5.11 Å². The van der Waals surface area contributed by atoms with E-state index in [4.69, 9.17) is 0 Å². The summed E-state index contributed by atoms with van der Waals surface area (Å²) in [4.78, 5) is 0. The molecule has 0 amide bonds. The Morgan fingerprint density at radius 2 is 1.56 bits per heavy atom. The standard InChI is InChI=1S/C15H16O/c1-12-14(8-5-9-15(12)11-16)10-13-6-3-2-4-7-13/h2-9,16H,10-11H2,1H3. The highest BCUT2D eigenvalue weighted by atomic mass is 16.3. The van der Waals surface area contributed by atoms with Crippen molar-refractivity contribution in [2.24, 2.45) is 0 Å². The first kappa shape index (κ1) is 10.9. The van der Waals surface area contributed by atoms with Gasteiger partial charge in [0, 0.05) is 0 Å². The third kappa shape index (κ3) is 2.31. The van der Waals surface area contributed by atoms with E-state index in [0.29, 0.717) is 0 Å². The molecular formula is C15H16O. The van der Waals surface area contributed by atoms with Crippen LogP contribution in [0.25, 0.3) is 0 Å². The predicted octanol–water partition coefficient (Wildman–Crippen LogP) is 3.08. The smallest absolute Gasteiger partial charge is 0.0684 e. The molecule has 0 aromatic heterocycles. The summed E-state index contributed by atoms with van der Waals surface area (Å²) in [5.74, 6) is 0. The lowest BCUT2D eigenvalue weighted by atomic mass is 9.97. The van der Waals surface area contributed by atoms with E-state index in [1.165, 1.54) is 16.7 Å². The molecule has 0 spiro atoms. The number of rotatable bonds is 3. The molecule has 1 N–H and O–H groups in total. The van der Waals surface area contributed by atoms with Gasteiger partial charge >= 0.3 is 0 Å². The average Bonchev–Trinajstić information content (AvgIpc) is 2.33. The van der Waals surface area contributed by atoms with Crippen LogP contribution in [-0.2, 0) is 13.0 Å². The second-order valence-corrected chi connectivity index (χ2v) is 4.02. The zero-order chi connectivity index (χ0) is 11.4. The van der Waals surface area contributed by atoms with Gasteiger partial charge in [-0.25, -0.2) is 0 Å². The number of aliphatic hydroxyl groups is 1. The van der Waals surface area contributed by atoms with Crippen molar-refractivity contribution < 1.29 is 5.11 Å². The fraction of sp³-hybridized carbons (Fsp3) is 0.200. The number of aliphatic hydroxyl groups excluding tert-OH is 1. The van der Waals surface area contributed by atoms with Gasteiger partial charge < -0.3 is 5.11 Å². The van der Waals surface area contributed by atoms with Crippen molar-refractivity contribution in [1.82, 2.24) is 0 Å². The molecule has 0 aliphatic rings. The van der Waals surface area contributed by atoms with Gasteiger partial charge in [0.1, 0.15) is 0 Å². The Bertz CT molecular complexity index is 460. The minimum Gasteiger partial charge on any atom is -0.392 e. The molecular weight excluding hydrogens is 196 g/mol. The maximum absolute atomic E-state index is 9.21. The Morgan fingerprint density at radius 1 is 0.875 bits per heavy atom. The van der Waals surface area contributed by atoms with Crippen LogP contribution >= 0.6 is 0 Å². The molecule has 0 aliphatic heterocycles. The SMILES string of the molecule is Cc1c(CO)cccc1Cc1ccccc1. The summed E-state index contributed by atoms with van der Waals surface area (Å²) in [6, 6.07) is 16.5. The highest BCUT2D eigenvalue weighted by molar-refractivity contribution is 5.37. The van der Waals surface area contributed by atoms with E-state index in [1.807, 2.05) is 18.2 Å². The Balaban J connectivity index is 2.28. The molecule has 0 unspecified atom stereocenters. The molecule has 0 heterocycles. The highest BCUT2D eigenvalue weighted by Gasteiger charge is 2.03. The summed E-state index contributed by atoms with van der Waals surface area (Å²) in [6.07, 6.45) is 0.931. The zero-order valence-electron chi connectivity index (χ0n) is 9.48. The van der Waals surface area contributed by atoms with Crippen LogP contribution in [0.1, 0.15) is 22.3 Å². The summed E-state index contributed by atoms with van der Waals surface area (Å²) in [6.45, 7) is 2.19. The van der Waals surface area contributed by atoms with E-state index in [2.05, 4.69) is 37.3 Å². The maximum Gasteiger partial charge on any atom is 0.0684 e. The maximum atomic E-state index is 9.21. The summed E-state index contributed by atoms with van der Waals surface area (Å²) >= 11 is 0. The van der Waals surface area contributed by atoms with Gasteiger partial charge in [-0.15, -0.1) is 0 Å². The molecule has 0 fully saturated rings. The topological polar surface area (TPSA) is 20.2 Å². The summed E-state index contributed by atoms with van der Waals surface area (Å²) < 4.78 is 0. The molecule has 16 heavy (non-hydrogen) atoms. The largest absolute Gasteiger partial charge is 0.392 e. The molecule has 2 aromatic carbocycles. The first-order chi connectivity index (χ1) is 7.81. The number of hydrogen-bond acceptors (Lipinski definition) is 1. The third-order valence-corrected chi connectivity index (χ3v) is 2.97. The van der Waals surface area contributed by atoms with Crippen molar-refractivity contribution in [3.8, 4) is 0 Å². The normalized spacial score (nSPS) is 10.4. The molecule has 1 heteroatoms. The molecule has 0 atom stereocenters. The van der Waals surface area contributed by atoms with Crippen LogP contribution < -0.4 is 0 Å². The zero-order valence-corrected chi connectivity index (χ0v) is 9.48. The molecule has 0 radical (unpaired) electrons. The van der Waals surface area contributed by atoms with Crippen molar-refractivity contribution in [3.05, 3.63) is 70.8 Å². The lowest BCUT2D eigenvalue weighted by molar-refractivity contribution is 0.281. The van der Waals surface area contributed by atoms with Gasteiger partial charge in [0.25, 0.3) is 0 Å². The quantitative estimate of drug-likeness (QED) is 0.829. The average molecular weight is 212 g/mol. The Labute approximate surface area is 96.4 Å². The fourth-order valence-corrected chi connectivity index (χ4v) is 1.92. The van der Waals surface area contributed by atoms with Crippen molar-refractivity contribution in [3.63, 3.8) is 0 Å². The molecule has 0 bridgehead atoms. The van der Waals surface area contributed by atoms with E-state index in [-0.39, 0.29) is 6.61 Å². The van der Waals surface area contributed by atoms with Gasteiger partial charge in [-0.1, -0.05) is 48.5 Å². The molecule has 0 saturated carbocycles. The fourth-order valence-electron chi connectivity index (χ4n) is 1.92. The van der Waals surface area contributed by atoms with Crippen LogP contribution in [0.4, 0.5) is 0 Å². The van der Waals surface area contributed by atoms with Crippen LogP contribution in [0.3, 0.4) is 0 Å². The lowest BCUT2D eigenvalue weighted by Gasteiger charge is -2.09. The Morgan fingerprint density at radius 3 is 2.25 bits per heavy atom. The van der Waals surface area contributed by atoms with E-state index in [0.717, 1.165) is 12.0 Å². The molecule has 0 aliphatic carbocycles. The lowest BCUT2D eigenvalue weighted by Crippen LogP contribution is -1.96. The van der Waals surface area contributed by atoms with Crippen LogP contribution in [0.5, 0.6) is 0 Å². The van der Waals surface area contributed by atoms with Crippen LogP contribution in [0, 0.1) is 6.92 Å². The predicted molar refractivity (Wildman–Crippen MR) is 66.3 cm³/mol. The Hall–Kier alpha value is -1.60. The summed E-state index contributed by atoms with van der Waals surface area (Å²) in [5.41, 5.74) is 4.82. The molecule has 2 rings (SSSR count). The van der Waals surface area contributed by atoms with E-state index in [1.54, 1.807) is 0 Å². The minimum atomic E-state index is 0.120. The van der Waals surface area contributed by atoms with E-state index >= 15 is 0 Å². The van der Waals surface area contributed by atoms with Crippen molar-refractivity contribution in [2.75, 3.05) is 0 Å². The first-order valence-corrected chi connectivity index (χ1v) is 5.53. The van der Waals surface area contributed by atoms with Gasteiger partial charge in [0.15, 0.2) is 0 Å². The third-order valence-electron chi connectivity index (χ3n) is 2.97. The van der Waals surface area contributed by atoms with Crippen molar-refractivity contribution >= 4 is 0 Å². The molecule has 82 valence electrons. The Kier molecular flexibility index (Phi) is 3.37. The second kappa shape index (κ2) is 4.95. The number of benzene rings is 2. The molecule has 0 saturated heterocycles. The van der Waals surface area contributed by atoms with Gasteiger partial charge in [0.2, 0.25) is 0 Å². The first-order valence-electron chi connectivity index (χ1n) is 5.53. The van der Waals surface area contributed by atoms with Crippen LogP contribution in [0.15, 0.2) is 48.5 Å². The molecule has 1 nitrogen and oxygen atoms in total. The summed E-state index contributed by atoms with van der Waals surface area (Å²) in [5, 5.41) is 9.21. The highest BCUT2D eigenvalue weighted by Crippen LogP contribution is 2.17. The summed E-state index contributed by atoms with van der Waals surface area (Å²) in [7, 11) is 0. The van der Waals surface area contributed by atoms with Crippen LogP contribution in [0.2, 0.25) is 0 Å². The van der Waals surface area contributed by atoms with Crippen molar-refractivity contribution in [1.29, 1.82) is 0 Å². The van der Waals surface area contributed by atoms with Gasteiger partial charge in [0.05, 0.1) is 6.61 Å². The second-order valence-electron chi connectivity index (χ2n) is 4.02. The van der Waals surface area contributed by atoms with Gasteiger partial charge in [-0.3, -0.25) is 0 Å². The van der Waals surface area contributed by atoms with Gasteiger partial charge in [-0.05, 0) is 35.6 Å². The van der Waals surface area contributed by atoms with Gasteiger partial charge in [-0.2, -0.15) is 0 Å². The van der Waals surface area contributed by atoms with E-state index < -0.39 is 0 Å². The number of hydrogen-bond donors (Lipinski definition) is 1. The van der Waals surface area contributed by atoms with E-state index in [9.17, 15) is 5.11 Å². The van der Waals surface area contributed by atoms with Crippen molar-refractivity contribution in [2.45, 2.75) is 20.0 Å². The molecule has 2 aromatic rings.